The molecule has 37 heavy (non-hydrogen) atoms. The van der Waals surface area contributed by atoms with Gasteiger partial charge in [0.1, 0.15) is 11.7 Å². The lowest BCUT2D eigenvalue weighted by Gasteiger charge is -2.63. The Labute approximate surface area is 211 Å². The smallest absolute Gasteiger partial charge is 0.458 e. The van der Waals surface area contributed by atoms with Gasteiger partial charge in [0.05, 0.1) is 0 Å². The zero-order valence-corrected chi connectivity index (χ0v) is 21.0. The van der Waals surface area contributed by atoms with Crippen LogP contribution in [0.25, 0.3) is 0 Å². The van der Waals surface area contributed by atoms with Crippen LogP contribution >= 0.6 is 0 Å². The van der Waals surface area contributed by atoms with Crippen molar-refractivity contribution in [1.82, 2.24) is 0 Å². The molecule has 3 fully saturated rings. The molecule has 4 aliphatic carbocycles. The fraction of sp³-hybridized carbons (Fsp3) is 0.692. The molecule has 0 heterocycles. The van der Waals surface area contributed by atoms with Crippen molar-refractivity contribution in [2.24, 2.45) is 28.6 Å². The van der Waals surface area contributed by atoms with E-state index in [0.29, 0.717) is 5.57 Å². The summed E-state index contributed by atoms with van der Waals surface area (Å²) in [5.74, 6) is -6.99. The van der Waals surface area contributed by atoms with Crippen LogP contribution in [0.1, 0.15) is 53.4 Å². The van der Waals surface area contributed by atoms with Gasteiger partial charge in [-0.25, -0.2) is 9.18 Å². The predicted molar refractivity (Wildman–Crippen MR) is 119 cm³/mol. The molecule has 8 atom stereocenters. The summed E-state index contributed by atoms with van der Waals surface area (Å²) < 4.78 is 67.2. The average molecular weight is 531 g/mol. The summed E-state index contributed by atoms with van der Waals surface area (Å²) >= 11 is 0. The van der Waals surface area contributed by atoms with E-state index in [4.69, 9.17) is 9.47 Å². The lowest BCUT2D eigenvalue weighted by atomic mass is 9.44. The molecule has 4 aliphatic rings. The summed E-state index contributed by atoms with van der Waals surface area (Å²) in [4.78, 5) is 48.6. The van der Waals surface area contributed by atoms with Gasteiger partial charge in [-0.05, 0) is 56.6 Å². The third-order valence-electron chi connectivity index (χ3n) is 9.51. The molecule has 0 radical (unpaired) electrons. The van der Waals surface area contributed by atoms with Crippen LogP contribution in [-0.4, -0.2) is 58.8 Å². The van der Waals surface area contributed by atoms with Gasteiger partial charge in [-0.1, -0.05) is 25.5 Å². The topological polar surface area (TPSA) is 107 Å². The highest BCUT2D eigenvalue weighted by Crippen LogP contribution is 2.71. The summed E-state index contributed by atoms with van der Waals surface area (Å²) in [7, 11) is 0. The maximum atomic E-state index is 17.6. The first-order chi connectivity index (χ1) is 16.9. The zero-order valence-electron chi connectivity index (χ0n) is 21.0. The number of aliphatic hydroxyl groups is 1. The zero-order chi connectivity index (χ0) is 27.8. The third-order valence-corrected chi connectivity index (χ3v) is 9.51. The first kappa shape index (κ1) is 27.5. The molecule has 0 aromatic heterocycles. The number of ketones is 2. The van der Waals surface area contributed by atoms with E-state index in [0.717, 1.165) is 13.0 Å². The second-order valence-corrected chi connectivity index (χ2v) is 11.2. The van der Waals surface area contributed by atoms with E-state index >= 15 is 4.39 Å². The Morgan fingerprint density at radius 3 is 2.43 bits per heavy atom. The number of allylic oxidation sites excluding steroid dienone is 4. The minimum Gasteiger partial charge on any atom is -0.458 e. The van der Waals surface area contributed by atoms with Crippen LogP contribution in [0.4, 0.5) is 17.6 Å². The molecule has 0 saturated heterocycles. The Morgan fingerprint density at radius 1 is 1.19 bits per heavy atom. The molecule has 204 valence electrons. The number of hydrogen-bond acceptors (Lipinski definition) is 7. The third kappa shape index (κ3) is 3.71. The monoisotopic (exact) mass is 530 g/mol. The van der Waals surface area contributed by atoms with Crippen molar-refractivity contribution < 1.29 is 51.3 Å². The van der Waals surface area contributed by atoms with E-state index in [1.807, 2.05) is 0 Å². The highest BCUT2D eigenvalue weighted by atomic mass is 19.4. The van der Waals surface area contributed by atoms with Gasteiger partial charge >= 0.3 is 18.1 Å². The van der Waals surface area contributed by atoms with E-state index in [1.54, 1.807) is 6.92 Å². The van der Waals surface area contributed by atoms with E-state index in [1.165, 1.54) is 26.0 Å². The summed E-state index contributed by atoms with van der Waals surface area (Å²) in [6.07, 6.45) is -3.67. The molecule has 0 aromatic rings. The average Bonchev–Trinajstić information content (AvgIpc) is 2.99. The molecule has 0 bridgehead atoms. The number of hydrogen-bond donors (Lipinski definition) is 1. The molecule has 3 unspecified atom stereocenters. The quantitative estimate of drug-likeness (QED) is 0.437. The molecule has 4 rings (SSSR count). The van der Waals surface area contributed by atoms with Gasteiger partial charge in [-0.2, -0.15) is 13.2 Å². The number of carbonyl (C=O) groups excluding carboxylic acids is 4. The molecule has 3 saturated carbocycles. The predicted octanol–water partition coefficient (Wildman–Crippen LogP) is 3.58. The molecule has 0 amide bonds. The number of alkyl halides is 4. The molecule has 0 spiro atoms. The number of Topliss-reactive ketones (excluding diaryl/α,β-unsaturated/α-hetero) is 1. The van der Waals surface area contributed by atoms with Gasteiger partial charge in [0.15, 0.2) is 18.1 Å². The minimum absolute atomic E-state index is 0.111. The van der Waals surface area contributed by atoms with Crippen molar-refractivity contribution in [3.8, 4) is 0 Å². The molecular weight excluding hydrogens is 500 g/mol. The number of rotatable bonds is 4. The Bertz CT molecular complexity index is 1110. The van der Waals surface area contributed by atoms with Crippen molar-refractivity contribution in [3.05, 3.63) is 23.8 Å². The largest absolute Gasteiger partial charge is 0.490 e. The maximum absolute atomic E-state index is 17.6. The number of ether oxygens (including phenoxy) is 2. The number of esters is 2. The molecule has 7 nitrogen and oxygen atoms in total. The Kier molecular flexibility index (Phi) is 6.29. The van der Waals surface area contributed by atoms with E-state index in [2.05, 4.69) is 0 Å². The molecule has 0 aliphatic heterocycles. The number of fused-ring (bicyclic) bond motifs is 5. The van der Waals surface area contributed by atoms with Gasteiger partial charge < -0.3 is 14.6 Å². The van der Waals surface area contributed by atoms with Gasteiger partial charge in [0, 0.05) is 23.7 Å². The fourth-order valence-corrected chi connectivity index (χ4v) is 7.70. The van der Waals surface area contributed by atoms with Crippen LogP contribution < -0.4 is 0 Å². The summed E-state index contributed by atoms with van der Waals surface area (Å²) in [5.41, 5.74) is -7.38. The van der Waals surface area contributed by atoms with Crippen LogP contribution in [0, 0.1) is 28.6 Å². The van der Waals surface area contributed by atoms with Crippen LogP contribution in [0.2, 0.25) is 0 Å². The second-order valence-electron chi connectivity index (χ2n) is 11.2. The van der Waals surface area contributed by atoms with Gasteiger partial charge in [-0.3, -0.25) is 14.4 Å². The Hall–Kier alpha value is -2.56. The van der Waals surface area contributed by atoms with E-state index in [9.17, 15) is 37.5 Å². The van der Waals surface area contributed by atoms with Crippen molar-refractivity contribution in [1.29, 1.82) is 0 Å². The maximum Gasteiger partial charge on any atom is 0.490 e. The lowest BCUT2D eigenvalue weighted by molar-refractivity contribution is -0.249. The van der Waals surface area contributed by atoms with Crippen LogP contribution in [0.3, 0.4) is 0 Å². The summed E-state index contributed by atoms with van der Waals surface area (Å²) in [5, 5.41) is 11.8. The second kappa shape index (κ2) is 8.47. The van der Waals surface area contributed by atoms with Gasteiger partial charge in [-0.15, -0.1) is 0 Å². The first-order valence-corrected chi connectivity index (χ1v) is 12.2. The van der Waals surface area contributed by atoms with Crippen LogP contribution in [-0.2, 0) is 28.7 Å². The SMILES string of the molecule is CC(=O)OCC(=O)[C@@]1(O)C(C)C[C@H]2[C@@H]3CCC4=CC(=O)C=C[C@]4(C)C3(F)C(OC(=O)C(F)(F)F)C[C@@]21C. The highest BCUT2D eigenvalue weighted by molar-refractivity contribution is 6.01. The van der Waals surface area contributed by atoms with Crippen LogP contribution in [0.5, 0.6) is 0 Å². The number of halogens is 4. The Balaban J connectivity index is 1.85. The molecule has 0 aromatic carbocycles. The molecular formula is C26H30F4O7. The van der Waals surface area contributed by atoms with Gasteiger partial charge in [0.2, 0.25) is 5.78 Å². The Morgan fingerprint density at radius 2 is 1.84 bits per heavy atom. The van der Waals surface area contributed by atoms with E-state index < -0.39 is 82.9 Å². The minimum atomic E-state index is -5.40. The fourth-order valence-electron chi connectivity index (χ4n) is 7.70. The van der Waals surface area contributed by atoms with Crippen molar-refractivity contribution in [3.63, 3.8) is 0 Å². The lowest BCUT2D eigenvalue weighted by Crippen LogP contribution is -2.70. The standard InChI is InChI=1S/C26H30F4O7/c1-13-9-18-17-6-5-15-10-16(32)7-8-22(15,3)24(17,27)20(37-21(34)26(28,29)30)11-23(18,4)25(13,35)19(33)12-36-14(2)31/h7-8,10,13,17-18,20,35H,5-6,9,11-12H2,1-4H3/t13?,17-,18-,20?,22-,23-,24?,25-/m0/s1. The van der Waals surface area contributed by atoms with Crippen molar-refractivity contribution in [2.75, 3.05) is 6.61 Å². The van der Waals surface area contributed by atoms with Crippen molar-refractivity contribution in [2.45, 2.75) is 76.9 Å². The highest BCUT2D eigenvalue weighted by Gasteiger charge is 2.77. The molecule has 11 heteroatoms. The summed E-state index contributed by atoms with van der Waals surface area (Å²) in [6, 6.07) is 0. The normalized spacial score (nSPS) is 42.7. The molecule has 1 N–H and O–H groups in total. The summed E-state index contributed by atoms with van der Waals surface area (Å²) in [6.45, 7) is 4.88. The van der Waals surface area contributed by atoms with Gasteiger partial charge in [0.25, 0.3) is 0 Å². The first-order valence-electron chi connectivity index (χ1n) is 12.2. The van der Waals surface area contributed by atoms with Crippen LogP contribution in [0.15, 0.2) is 23.8 Å². The van der Waals surface area contributed by atoms with E-state index in [-0.39, 0.29) is 25.0 Å². The number of carbonyl (C=O) groups is 4. The van der Waals surface area contributed by atoms with Crippen molar-refractivity contribution >= 4 is 23.5 Å².